The maximum atomic E-state index is 16.9. The van der Waals surface area contributed by atoms with Crippen LogP contribution in [0.5, 0.6) is 0 Å². The number of rotatable bonds is 10. The van der Waals surface area contributed by atoms with Crippen LogP contribution in [0.25, 0.3) is 150 Å². The lowest BCUT2D eigenvalue weighted by atomic mass is 9.93. The van der Waals surface area contributed by atoms with Gasteiger partial charge in [-0.2, -0.15) is 29.0 Å². The molecule has 15 rings (SSSR count). The summed E-state index contributed by atoms with van der Waals surface area (Å²) in [6, 6.07) is 88.2. The van der Waals surface area contributed by atoms with E-state index >= 15 is 13.2 Å². The Hall–Kier alpha value is -13.0. The Morgan fingerprint density at radius 1 is 0.337 bits per heavy atom. The molecular formula is C80H44F3N9. The maximum Gasteiger partial charge on any atom is 0.417 e. The molecule has 0 aliphatic rings. The van der Waals surface area contributed by atoms with Crippen LogP contribution >= 0.6 is 0 Å². The quantitative estimate of drug-likeness (QED) is 0.126. The van der Waals surface area contributed by atoms with Gasteiger partial charge in [0.25, 0.3) is 0 Å². The third-order valence-corrected chi connectivity index (χ3v) is 17.0. The van der Waals surface area contributed by atoms with Gasteiger partial charge in [0, 0.05) is 49.4 Å². The van der Waals surface area contributed by atoms with Crippen LogP contribution in [0.2, 0.25) is 0 Å². The zero-order chi connectivity index (χ0) is 62.6. The molecule has 15 aromatic rings. The zero-order valence-corrected chi connectivity index (χ0v) is 48.6. The first-order chi connectivity index (χ1) is 45.1. The highest BCUT2D eigenvalue weighted by atomic mass is 19.4. The number of halogens is 3. The molecule has 0 spiro atoms. The van der Waals surface area contributed by atoms with Gasteiger partial charge in [-0.25, -0.2) is 19.8 Å². The molecule has 0 amide bonds. The molecule has 0 aliphatic carbocycles. The topological polar surface area (TPSA) is 124 Å². The van der Waals surface area contributed by atoms with E-state index in [1.807, 2.05) is 221 Å². The third-order valence-electron chi connectivity index (χ3n) is 17.0. The minimum absolute atomic E-state index is 0.147. The summed E-state index contributed by atoms with van der Waals surface area (Å²) in [6.45, 7) is 8.10. The Bertz CT molecular complexity index is 5410. The first kappa shape index (κ1) is 55.6. The Kier molecular flexibility index (Phi) is 13.7. The van der Waals surface area contributed by atoms with Gasteiger partial charge < -0.3 is 9.13 Å². The third kappa shape index (κ3) is 9.53. The standard InChI is InChI=1S/C80H44F3N9/c1-87-69-29-15-14-27-62(69)54-34-39-73-66(44-54)65-43-53(61-26-13-10-23-58(61)48-86)33-38-72(65)92(73)75-30-16-28-68(80(81,82)83)76(75)67-45-55(79-89-77(49-17-4-2-5-18-49)88-78(90-79)50-19-6-3-7-20-50)35-40-74(67)91-70-36-31-51(59-24-11-8-21-56(59)46-84)41-63(70)64-42-52(32-37-71(64)91)60-25-12-9-22-57(60)47-85/h2-45H. The van der Waals surface area contributed by atoms with Crippen LogP contribution in [0.1, 0.15) is 22.3 Å². The SMILES string of the molecule is [C-]#[N+]c1ccccc1-c1ccc2c(c1)c1cc(-c3ccccc3C#N)ccc1n2-c1cccc(C(F)(F)F)c1-c1cc(-c2nc(-c3ccccc3)nc(-c3ccccc3)n2)ccc1-n1c2ccc(-c3ccccc3C#N)cc2c2cc(-c3ccccc3C#N)ccc21. The number of alkyl halides is 3. The Labute approximate surface area is 525 Å². The van der Waals surface area contributed by atoms with Gasteiger partial charge in [-0.3, -0.25) is 0 Å². The molecule has 0 N–H and O–H groups in total. The summed E-state index contributed by atoms with van der Waals surface area (Å²) in [5.74, 6) is 0.943. The van der Waals surface area contributed by atoms with Crippen LogP contribution in [0, 0.1) is 40.6 Å². The molecule has 3 heterocycles. The number of fused-ring (bicyclic) bond motifs is 6. The molecule has 0 saturated heterocycles. The average Bonchev–Trinajstić information content (AvgIpc) is 1.52. The monoisotopic (exact) mass is 1190 g/mol. The molecule has 0 atom stereocenters. The van der Waals surface area contributed by atoms with Crippen LogP contribution in [-0.2, 0) is 6.18 Å². The van der Waals surface area contributed by atoms with Crippen molar-refractivity contribution < 1.29 is 13.2 Å². The number of nitriles is 3. The van der Waals surface area contributed by atoms with Gasteiger partial charge in [0.2, 0.25) is 0 Å². The van der Waals surface area contributed by atoms with E-state index in [4.69, 9.17) is 21.5 Å². The molecule has 0 fully saturated rings. The molecule has 0 radical (unpaired) electrons. The Morgan fingerprint density at radius 2 is 0.707 bits per heavy atom. The van der Waals surface area contributed by atoms with Gasteiger partial charge in [-0.05, 0) is 142 Å². The van der Waals surface area contributed by atoms with E-state index in [1.54, 1.807) is 42.5 Å². The van der Waals surface area contributed by atoms with Gasteiger partial charge in [-0.1, -0.05) is 170 Å². The molecular weight excluding hydrogens is 1140 g/mol. The van der Waals surface area contributed by atoms with Crippen molar-refractivity contribution >= 4 is 49.3 Å². The van der Waals surface area contributed by atoms with Crippen LogP contribution in [-0.4, -0.2) is 24.1 Å². The summed E-state index contributed by atoms with van der Waals surface area (Å²) in [6.07, 6.45) is -4.94. The summed E-state index contributed by atoms with van der Waals surface area (Å²) in [4.78, 5) is 19.0. The maximum absolute atomic E-state index is 16.9. The van der Waals surface area contributed by atoms with Crippen molar-refractivity contribution in [3.05, 3.63) is 301 Å². The number of nitrogens with zero attached hydrogens (tertiary/aromatic N) is 9. The molecule has 0 bridgehead atoms. The molecule has 0 unspecified atom stereocenters. The molecule has 0 aliphatic heterocycles. The predicted molar refractivity (Wildman–Crippen MR) is 357 cm³/mol. The van der Waals surface area contributed by atoms with Crippen LogP contribution in [0.4, 0.5) is 18.9 Å². The summed E-state index contributed by atoms with van der Waals surface area (Å²) >= 11 is 0. The number of benzene rings is 12. The Morgan fingerprint density at radius 3 is 1.13 bits per heavy atom. The molecule has 3 aromatic heterocycles. The van der Waals surface area contributed by atoms with Crippen molar-refractivity contribution in [2.75, 3.05) is 0 Å². The van der Waals surface area contributed by atoms with E-state index in [-0.39, 0.29) is 22.6 Å². The number of hydrogen-bond acceptors (Lipinski definition) is 6. The van der Waals surface area contributed by atoms with Crippen LogP contribution < -0.4 is 0 Å². The fourth-order valence-corrected chi connectivity index (χ4v) is 12.8. The average molecular weight is 1190 g/mol. The van der Waals surface area contributed by atoms with Gasteiger partial charge in [0.1, 0.15) is 0 Å². The van der Waals surface area contributed by atoms with Crippen molar-refractivity contribution in [2.45, 2.75) is 6.18 Å². The second kappa shape index (κ2) is 22.6. The van der Waals surface area contributed by atoms with Gasteiger partial charge in [-0.15, -0.1) is 0 Å². The summed E-state index contributed by atoms with van der Waals surface area (Å²) in [7, 11) is 0. The minimum atomic E-state index is -4.94. The highest BCUT2D eigenvalue weighted by Gasteiger charge is 2.37. The van der Waals surface area contributed by atoms with E-state index < -0.39 is 11.7 Å². The van der Waals surface area contributed by atoms with Crippen molar-refractivity contribution in [3.8, 4) is 119 Å². The van der Waals surface area contributed by atoms with Crippen molar-refractivity contribution in [1.29, 1.82) is 15.8 Å². The number of aromatic nitrogens is 5. The normalized spacial score (nSPS) is 11.4. The van der Waals surface area contributed by atoms with E-state index in [0.29, 0.717) is 111 Å². The summed E-state index contributed by atoms with van der Waals surface area (Å²) in [5.41, 5.74) is 11.6. The molecule has 92 heavy (non-hydrogen) atoms. The molecule has 12 heteroatoms. The second-order valence-corrected chi connectivity index (χ2v) is 22.2. The highest BCUT2D eigenvalue weighted by molar-refractivity contribution is 6.14. The molecule has 430 valence electrons. The lowest BCUT2D eigenvalue weighted by Gasteiger charge is -2.23. The molecule has 12 aromatic carbocycles. The fraction of sp³-hybridized carbons (Fsp3) is 0.0125. The van der Waals surface area contributed by atoms with E-state index in [0.717, 1.165) is 39.1 Å². The zero-order valence-electron chi connectivity index (χ0n) is 48.6. The predicted octanol–water partition coefficient (Wildman–Crippen LogP) is 20.6. The summed E-state index contributed by atoms with van der Waals surface area (Å²) in [5, 5.41) is 34.0. The smallest absolute Gasteiger partial charge is 0.309 e. The second-order valence-electron chi connectivity index (χ2n) is 22.2. The minimum Gasteiger partial charge on any atom is -0.309 e. The van der Waals surface area contributed by atoms with Gasteiger partial charge in [0.05, 0.1) is 80.5 Å². The van der Waals surface area contributed by atoms with Crippen molar-refractivity contribution in [2.24, 2.45) is 0 Å². The van der Waals surface area contributed by atoms with Crippen molar-refractivity contribution in [3.63, 3.8) is 0 Å². The lowest BCUT2D eigenvalue weighted by Crippen LogP contribution is -2.11. The van der Waals surface area contributed by atoms with Crippen LogP contribution in [0.3, 0.4) is 0 Å². The van der Waals surface area contributed by atoms with Gasteiger partial charge in [0.15, 0.2) is 23.2 Å². The van der Waals surface area contributed by atoms with E-state index in [1.165, 1.54) is 6.07 Å². The highest BCUT2D eigenvalue weighted by Crippen LogP contribution is 2.49. The number of hydrogen-bond donors (Lipinski definition) is 0. The van der Waals surface area contributed by atoms with Crippen LogP contribution in [0.15, 0.2) is 267 Å². The first-order valence-electron chi connectivity index (χ1n) is 29.4. The fourth-order valence-electron chi connectivity index (χ4n) is 12.8. The largest absolute Gasteiger partial charge is 0.417 e. The van der Waals surface area contributed by atoms with E-state index in [9.17, 15) is 15.8 Å². The molecule has 0 saturated carbocycles. The van der Waals surface area contributed by atoms with Gasteiger partial charge >= 0.3 is 6.18 Å². The molecule has 9 nitrogen and oxygen atoms in total. The van der Waals surface area contributed by atoms with Crippen molar-refractivity contribution in [1.82, 2.24) is 24.1 Å². The summed E-state index contributed by atoms with van der Waals surface area (Å²) < 4.78 is 54.5. The Balaban J connectivity index is 1.07. The number of para-hydroxylation sites is 1. The lowest BCUT2D eigenvalue weighted by molar-refractivity contribution is -0.137. The van der Waals surface area contributed by atoms with E-state index in [2.05, 4.69) is 23.1 Å². The first-order valence-corrected chi connectivity index (χ1v) is 29.4.